The lowest BCUT2D eigenvalue weighted by atomic mass is 10.1. The highest BCUT2D eigenvalue weighted by atomic mass is 32.3. The Labute approximate surface area is 118 Å². The lowest BCUT2D eigenvalue weighted by Gasteiger charge is -2.14. The van der Waals surface area contributed by atoms with E-state index < -0.39 is 10.4 Å². The number of rotatable bonds is 3. The average Bonchev–Trinajstić information content (AvgIpc) is 2.39. The standard InChI is InChI=1S/C14H14O.H2O4S/c1-12(13-8-4-2-5-9-13)15-14-10-6-3-7-11-14;1-5(2,3)4/h2-12H,1H3;(H2,1,2,3,4). The minimum absolute atomic E-state index is 0.0913. The van der Waals surface area contributed by atoms with Crippen LogP contribution >= 0.6 is 0 Å². The molecule has 0 saturated heterocycles. The summed E-state index contributed by atoms with van der Waals surface area (Å²) in [6.07, 6.45) is 0.0913. The molecule has 2 N–H and O–H groups in total. The van der Waals surface area contributed by atoms with Gasteiger partial charge in [-0.2, -0.15) is 8.42 Å². The minimum atomic E-state index is -4.67. The molecule has 2 aromatic rings. The average molecular weight is 296 g/mol. The van der Waals surface area contributed by atoms with Crippen LogP contribution in [-0.4, -0.2) is 17.5 Å². The zero-order valence-electron chi connectivity index (χ0n) is 10.9. The molecule has 0 radical (unpaired) electrons. The van der Waals surface area contributed by atoms with Crippen molar-refractivity contribution in [1.29, 1.82) is 0 Å². The molecule has 1 unspecified atom stereocenters. The van der Waals surface area contributed by atoms with Crippen molar-refractivity contribution in [1.82, 2.24) is 0 Å². The smallest absolute Gasteiger partial charge is 0.394 e. The molecule has 0 bridgehead atoms. The first-order chi connectivity index (χ1) is 9.36. The van der Waals surface area contributed by atoms with E-state index in [1.807, 2.05) is 48.5 Å². The number of benzene rings is 2. The van der Waals surface area contributed by atoms with E-state index in [4.69, 9.17) is 22.3 Å². The Morgan fingerprint density at radius 3 is 1.75 bits per heavy atom. The summed E-state index contributed by atoms with van der Waals surface area (Å²) >= 11 is 0. The molecule has 0 aliphatic rings. The first-order valence-electron chi connectivity index (χ1n) is 5.83. The maximum absolute atomic E-state index is 8.74. The van der Waals surface area contributed by atoms with Crippen molar-refractivity contribution >= 4 is 10.4 Å². The van der Waals surface area contributed by atoms with Crippen molar-refractivity contribution < 1.29 is 22.3 Å². The Morgan fingerprint density at radius 1 is 0.900 bits per heavy atom. The fraction of sp³-hybridized carbons (Fsp3) is 0.143. The van der Waals surface area contributed by atoms with Crippen LogP contribution in [0.5, 0.6) is 5.75 Å². The van der Waals surface area contributed by atoms with Crippen LogP contribution in [0.1, 0.15) is 18.6 Å². The molecule has 0 aliphatic carbocycles. The third kappa shape index (κ3) is 7.52. The van der Waals surface area contributed by atoms with E-state index in [0.717, 1.165) is 5.75 Å². The first kappa shape index (κ1) is 16.2. The quantitative estimate of drug-likeness (QED) is 0.850. The fourth-order valence-electron chi connectivity index (χ4n) is 1.50. The largest absolute Gasteiger partial charge is 0.486 e. The highest BCUT2D eigenvalue weighted by molar-refractivity contribution is 7.79. The number of para-hydroxylation sites is 1. The van der Waals surface area contributed by atoms with E-state index in [1.54, 1.807) is 0 Å². The van der Waals surface area contributed by atoms with Gasteiger partial charge in [0.1, 0.15) is 11.9 Å². The van der Waals surface area contributed by atoms with Gasteiger partial charge < -0.3 is 4.74 Å². The molecule has 0 amide bonds. The molecule has 20 heavy (non-hydrogen) atoms. The van der Waals surface area contributed by atoms with E-state index in [9.17, 15) is 0 Å². The van der Waals surface area contributed by atoms with Gasteiger partial charge in [0.25, 0.3) is 0 Å². The van der Waals surface area contributed by atoms with Crippen molar-refractivity contribution in [2.45, 2.75) is 13.0 Å². The Hall–Kier alpha value is -1.89. The lowest BCUT2D eigenvalue weighted by molar-refractivity contribution is 0.227. The summed E-state index contributed by atoms with van der Waals surface area (Å²) in [5.74, 6) is 0.911. The molecule has 5 nitrogen and oxygen atoms in total. The second-order valence-electron chi connectivity index (χ2n) is 3.93. The van der Waals surface area contributed by atoms with Gasteiger partial charge in [-0.1, -0.05) is 48.5 Å². The molecule has 0 aromatic heterocycles. The van der Waals surface area contributed by atoms with E-state index in [-0.39, 0.29) is 6.10 Å². The molecule has 0 spiro atoms. The van der Waals surface area contributed by atoms with Crippen LogP contribution in [0.2, 0.25) is 0 Å². The molecule has 0 heterocycles. The second kappa shape index (κ2) is 7.64. The summed E-state index contributed by atoms with van der Waals surface area (Å²) < 4.78 is 37.4. The zero-order chi connectivity index (χ0) is 15.0. The lowest BCUT2D eigenvalue weighted by Crippen LogP contribution is -2.02. The maximum Gasteiger partial charge on any atom is 0.394 e. The van der Waals surface area contributed by atoms with Crippen LogP contribution in [0.3, 0.4) is 0 Å². The van der Waals surface area contributed by atoms with Crippen LogP contribution in [0.25, 0.3) is 0 Å². The van der Waals surface area contributed by atoms with Gasteiger partial charge in [0, 0.05) is 0 Å². The Kier molecular flexibility index (Phi) is 6.17. The summed E-state index contributed by atoms with van der Waals surface area (Å²) in [5, 5.41) is 0. The Balaban J connectivity index is 0.000000347. The van der Waals surface area contributed by atoms with Gasteiger partial charge in [0.05, 0.1) is 0 Å². The number of ether oxygens (including phenoxy) is 1. The van der Waals surface area contributed by atoms with Crippen molar-refractivity contribution in [3.8, 4) is 5.75 Å². The van der Waals surface area contributed by atoms with Crippen LogP contribution in [0.4, 0.5) is 0 Å². The van der Waals surface area contributed by atoms with E-state index in [1.165, 1.54) is 5.56 Å². The summed E-state index contributed by atoms with van der Waals surface area (Å²) in [6.45, 7) is 2.06. The summed E-state index contributed by atoms with van der Waals surface area (Å²) in [6, 6.07) is 20.1. The second-order valence-corrected chi connectivity index (χ2v) is 4.83. The molecule has 0 saturated carbocycles. The number of hydrogen-bond acceptors (Lipinski definition) is 3. The molecule has 6 heteroatoms. The molecule has 2 rings (SSSR count). The van der Waals surface area contributed by atoms with Crippen LogP contribution in [0, 0.1) is 0 Å². The zero-order valence-corrected chi connectivity index (χ0v) is 11.7. The number of hydrogen-bond donors (Lipinski definition) is 2. The van der Waals surface area contributed by atoms with Crippen LogP contribution in [-0.2, 0) is 10.4 Å². The predicted molar refractivity (Wildman–Crippen MR) is 76.1 cm³/mol. The van der Waals surface area contributed by atoms with Crippen molar-refractivity contribution in [2.24, 2.45) is 0 Å². The van der Waals surface area contributed by atoms with E-state index in [0.29, 0.717) is 0 Å². The summed E-state index contributed by atoms with van der Waals surface area (Å²) in [4.78, 5) is 0. The van der Waals surface area contributed by atoms with Crippen molar-refractivity contribution in [2.75, 3.05) is 0 Å². The van der Waals surface area contributed by atoms with Crippen LogP contribution < -0.4 is 4.74 Å². The third-order valence-electron chi connectivity index (χ3n) is 2.33. The fourth-order valence-corrected chi connectivity index (χ4v) is 1.50. The monoisotopic (exact) mass is 296 g/mol. The first-order valence-corrected chi connectivity index (χ1v) is 7.22. The SMILES string of the molecule is CC(Oc1ccccc1)c1ccccc1.O=S(=O)(O)O. The van der Waals surface area contributed by atoms with Gasteiger partial charge >= 0.3 is 10.4 Å². The molecule has 0 aliphatic heterocycles. The van der Waals surface area contributed by atoms with Crippen molar-refractivity contribution in [3.05, 3.63) is 66.2 Å². The van der Waals surface area contributed by atoms with Gasteiger partial charge in [-0.25, -0.2) is 0 Å². The minimum Gasteiger partial charge on any atom is -0.486 e. The summed E-state index contributed by atoms with van der Waals surface area (Å²) in [7, 11) is -4.67. The maximum atomic E-state index is 8.74. The van der Waals surface area contributed by atoms with Gasteiger partial charge in [-0.05, 0) is 24.6 Å². The Morgan fingerprint density at radius 2 is 1.30 bits per heavy atom. The molecular weight excluding hydrogens is 280 g/mol. The van der Waals surface area contributed by atoms with Gasteiger partial charge in [-0.15, -0.1) is 0 Å². The molecular formula is C14H16O5S. The molecule has 108 valence electrons. The predicted octanol–water partition coefficient (Wildman–Crippen LogP) is 3.17. The Bertz CT molecular complexity index is 588. The molecule has 0 fully saturated rings. The van der Waals surface area contributed by atoms with Gasteiger partial charge in [0.2, 0.25) is 0 Å². The van der Waals surface area contributed by atoms with Crippen LogP contribution in [0.15, 0.2) is 60.7 Å². The normalized spacial score (nSPS) is 11.9. The van der Waals surface area contributed by atoms with E-state index >= 15 is 0 Å². The van der Waals surface area contributed by atoms with Gasteiger partial charge in [0.15, 0.2) is 0 Å². The highest BCUT2D eigenvalue weighted by Gasteiger charge is 2.05. The molecule has 2 aromatic carbocycles. The molecule has 1 atom stereocenters. The summed E-state index contributed by atoms with van der Waals surface area (Å²) in [5.41, 5.74) is 1.20. The van der Waals surface area contributed by atoms with E-state index in [2.05, 4.69) is 19.1 Å². The highest BCUT2D eigenvalue weighted by Crippen LogP contribution is 2.20. The third-order valence-corrected chi connectivity index (χ3v) is 2.33. The van der Waals surface area contributed by atoms with Gasteiger partial charge in [-0.3, -0.25) is 9.11 Å². The van der Waals surface area contributed by atoms with Crippen molar-refractivity contribution in [3.63, 3.8) is 0 Å². The topological polar surface area (TPSA) is 83.8 Å².